The van der Waals surface area contributed by atoms with Gasteiger partial charge in [-0.25, -0.2) is 0 Å². The SMILES string of the molecule is FC(F)(F)c1ccccc1-c1cncc(NCc2cc(-c3ccccc3)[nH]n2)c1. The second kappa shape index (κ2) is 7.79. The highest BCUT2D eigenvalue weighted by Crippen LogP contribution is 2.37. The summed E-state index contributed by atoms with van der Waals surface area (Å²) in [4.78, 5) is 4.09. The van der Waals surface area contributed by atoms with Gasteiger partial charge in [-0.15, -0.1) is 0 Å². The topological polar surface area (TPSA) is 53.6 Å². The van der Waals surface area contributed by atoms with Crippen LogP contribution < -0.4 is 5.32 Å². The van der Waals surface area contributed by atoms with E-state index in [4.69, 9.17) is 0 Å². The van der Waals surface area contributed by atoms with Gasteiger partial charge in [0.25, 0.3) is 0 Å². The molecular weight excluding hydrogens is 377 g/mol. The van der Waals surface area contributed by atoms with Crippen molar-refractivity contribution in [3.05, 3.63) is 90.4 Å². The van der Waals surface area contributed by atoms with Crippen LogP contribution >= 0.6 is 0 Å². The Labute approximate surface area is 165 Å². The quantitative estimate of drug-likeness (QED) is 0.452. The van der Waals surface area contributed by atoms with Gasteiger partial charge in [0.15, 0.2) is 0 Å². The van der Waals surface area contributed by atoms with Crippen LogP contribution in [0, 0.1) is 0 Å². The fourth-order valence-corrected chi connectivity index (χ4v) is 3.08. The highest BCUT2D eigenvalue weighted by molar-refractivity contribution is 5.70. The summed E-state index contributed by atoms with van der Waals surface area (Å²) in [7, 11) is 0. The number of alkyl halides is 3. The van der Waals surface area contributed by atoms with Crippen molar-refractivity contribution in [2.45, 2.75) is 12.7 Å². The maximum atomic E-state index is 13.3. The molecule has 146 valence electrons. The van der Waals surface area contributed by atoms with Crippen molar-refractivity contribution in [3.63, 3.8) is 0 Å². The van der Waals surface area contributed by atoms with Crippen molar-refractivity contribution in [1.82, 2.24) is 15.2 Å². The molecule has 0 aliphatic heterocycles. The lowest BCUT2D eigenvalue weighted by atomic mass is 10.0. The molecule has 0 unspecified atom stereocenters. The molecule has 4 nitrogen and oxygen atoms in total. The number of hydrogen-bond donors (Lipinski definition) is 2. The van der Waals surface area contributed by atoms with Gasteiger partial charge in [-0.3, -0.25) is 10.1 Å². The van der Waals surface area contributed by atoms with E-state index in [9.17, 15) is 13.2 Å². The van der Waals surface area contributed by atoms with Crippen molar-refractivity contribution < 1.29 is 13.2 Å². The first kappa shape index (κ1) is 18.7. The molecule has 0 fully saturated rings. The van der Waals surface area contributed by atoms with Gasteiger partial charge in [0, 0.05) is 18.0 Å². The maximum Gasteiger partial charge on any atom is 0.417 e. The minimum atomic E-state index is -4.43. The first-order valence-corrected chi connectivity index (χ1v) is 8.96. The molecule has 0 saturated heterocycles. The Morgan fingerprint density at radius 1 is 0.862 bits per heavy atom. The zero-order chi connectivity index (χ0) is 20.3. The third-order valence-corrected chi connectivity index (χ3v) is 4.47. The summed E-state index contributed by atoms with van der Waals surface area (Å²) in [6.45, 7) is 0.412. The number of nitrogens with one attached hydrogen (secondary N) is 2. The van der Waals surface area contributed by atoms with Crippen LogP contribution in [0.5, 0.6) is 0 Å². The van der Waals surface area contributed by atoms with Crippen LogP contribution in [0.15, 0.2) is 79.1 Å². The standard InChI is InChI=1S/C22H17F3N4/c23-22(24,25)20-9-5-4-8-19(20)16-10-17(13-26-12-16)27-14-18-11-21(29-28-18)15-6-2-1-3-7-15/h1-13,27H,14H2,(H,28,29). The van der Waals surface area contributed by atoms with E-state index >= 15 is 0 Å². The molecule has 2 aromatic heterocycles. The Bertz CT molecular complexity index is 1100. The summed E-state index contributed by atoms with van der Waals surface area (Å²) in [5.74, 6) is 0. The zero-order valence-electron chi connectivity index (χ0n) is 15.2. The molecule has 29 heavy (non-hydrogen) atoms. The summed E-state index contributed by atoms with van der Waals surface area (Å²) in [5.41, 5.74) is 3.14. The van der Waals surface area contributed by atoms with Gasteiger partial charge in [0.05, 0.1) is 29.2 Å². The lowest BCUT2D eigenvalue weighted by Gasteiger charge is -2.13. The molecule has 0 bridgehead atoms. The summed E-state index contributed by atoms with van der Waals surface area (Å²) in [6.07, 6.45) is -1.43. The number of aromatic amines is 1. The Morgan fingerprint density at radius 2 is 1.62 bits per heavy atom. The number of anilines is 1. The van der Waals surface area contributed by atoms with Crippen LogP contribution in [0.3, 0.4) is 0 Å². The molecule has 0 atom stereocenters. The molecular formula is C22H17F3N4. The van der Waals surface area contributed by atoms with Gasteiger partial charge in [-0.05, 0) is 29.3 Å². The van der Waals surface area contributed by atoms with Gasteiger partial charge in [0.2, 0.25) is 0 Å². The minimum absolute atomic E-state index is 0.0993. The van der Waals surface area contributed by atoms with Gasteiger partial charge in [-0.1, -0.05) is 48.5 Å². The number of benzene rings is 2. The van der Waals surface area contributed by atoms with Crippen molar-refractivity contribution in [3.8, 4) is 22.4 Å². The predicted octanol–water partition coefficient (Wildman–Crippen LogP) is 5.77. The van der Waals surface area contributed by atoms with E-state index in [2.05, 4.69) is 20.5 Å². The van der Waals surface area contributed by atoms with E-state index in [0.717, 1.165) is 23.0 Å². The largest absolute Gasteiger partial charge is 0.417 e. The summed E-state index contributed by atoms with van der Waals surface area (Å²) in [6, 6.07) is 18.9. The second-order valence-electron chi connectivity index (χ2n) is 6.50. The number of rotatable bonds is 5. The van der Waals surface area contributed by atoms with E-state index in [1.807, 2.05) is 36.4 Å². The highest BCUT2D eigenvalue weighted by Gasteiger charge is 2.33. The lowest BCUT2D eigenvalue weighted by Crippen LogP contribution is -2.07. The molecule has 0 amide bonds. The van der Waals surface area contributed by atoms with Crippen LogP contribution in [0.25, 0.3) is 22.4 Å². The molecule has 0 spiro atoms. The second-order valence-corrected chi connectivity index (χ2v) is 6.50. The summed E-state index contributed by atoms with van der Waals surface area (Å²) in [5, 5.41) is 10.4. The van der Waals surface area contributed by atoms with Gasteiger partial charge in [-0.2, -0.15) is 18.3 Å². The van der Waals surface area contributed by atoms with Crippen molar-refractivity contribution in [2.75, 3.05) is 5.32 Å². The summed E-state index contributed by atoms with van der Waals surface area (Å²) >= 11 is 0. The number of pyridine rings is 1. The van der Waals surface area contributed by atoms with Gasteiger partial charge in [0.1, 0.15) is 0 Å². The monoisotopic (exact) mass is 394 g/mol. The van der Waals surface area contributed by atoms with Crippen molar-refractivity contribution in [1.29, 1.82) is 0 Å². The molecule has 2 aromatic carbocycles. The van der Waals surface area contributed by atoms with Gasteiger partial charge < -0.3 is 5.32 Å². The average Bonchev–Trinajstić information content (AvgIpc) is 3.22. The van der Waals surface area contributed by atoms with Crippen molar-refractivity contribution in [2.24, 2.45) is 0 Å². The average molecular weight is 394 g/mol. The highest BCUT2D eigenvalue weighted by atomic mass is 19.4. The third kappa shape index (κ3) is 4.29. The molecule has 2 N–H and O–H groups in total. The number of aromatic nitrogens is 3. The molecule has 4 aromatic rings. The number of halogens is 3. The molecule has 0 aliphatic carbocycles. The lowest BCUT2D eigenvalue weighted by molar-refractivity contribution is -0.137. The van der Waals surface area contributed by atoms with E-state index in [0.29, 0.717) is 17.8 Å². The number of H-pyrrole nitrogens is 1. The van der Waals surface area contributed by atoms with E-state index < -0.39 is 11.7 Å². The minimum Gasteiger partial charge on any atom is -0.378 e. The van der Waals surface area contributed by atoms with Crippen LogP contribution in [-0.2, 0) is 12.7 Å². The van der Waals surface area contributed by atoms with Crippen molar-refractivity contribution >= 4 is 5.69 Å². The number of hydrogen-bond acceptors (Lipinski definition) is 3. The van der Waals surface area contributed by atoms with Crippen LogP contribution in [0.1, 0.15) is 11.3 Å². The Hall–Kier alpha value is -3.61. The Morgan fingerprint density at radius 3 is 2.41 bits per heavy atom. The smallest absolute Gasteiger partial charge is 0.378 e. The number of nitrogens with zero attached hydrogens (tertiary/aromatic N) is 2. The molecule has 0 saturated carbocycles. The van der Waals surface area contributed by atoms with Gasteiger partial charge >= 0.3 is 6.18 Å². The van der Waals surface area contributed by atoms with E-state index in [-0.39, 0.29) is 5.56 Å². The first-order valence-electron chi connectivity index (χ1n) is 8.96. The van der Waals surface area contributed by atoms with Crippen LogP contribution in [-0.4, -0.2) is 15.2 Å². The third-order valence-electron chi connectivity index (χ3n) is 4.47. The summed E-state index contributed by atoms with van der Waals surface area (Å²) < 4.78 is 39.9. The predicted molar refractivity (Wildman–Crippen MR) is 106 cm³/mol. The van der Waals surface area contributed by atoms with E-state index in [1.54, 1.807) is 18.3 Å². The van der Waals surface area contributed by atoms with E-state index in [1.165, 1.54) is 18.3 Å². The fraction of sp³-hybridized carbons (Fsp3) is 0.0909. The molecule has 7 heteroatoms. The van der Waals surface area contributed by atoms with Crippen LogP contribution in [0.2, 0.25) is 0 Å². The van der Waals surface area contributed by atoms with Crippen LogP contribution in [0.4, 0.5) is 18.9 Å². The maximum absolute atomic E-state index is 13.3. The molecule has 2 heterocycles. The molecule has 0 aliphatic rings. The first-order chi connectivity index (χ1) is 14.0. The molecule has 4 rings (SSSR count). The Balaban J connectivity index is 1.52. The normalized spacial score (nSPS) is 11.4. The Kier molecular flexibility index (Phi) is 5.03. The fourth-order valence-electron chi connectivity index (χ4n) is 3.08. The zero-order valence-corrected chi connectivity index (χ0v) is 15.2. The molecule has 0 radical (unpaired) electrons.